The molecule has 0 saturated heterocycles. The molecule has 2 saturated carbocycles. The summed E-state index contributed by atoms with van der Waals surface area (Å²) in [6.07, 6.45) is -0.0779. The van der Waals surface area contributed by atoms with E-state index in [-0.39, 0.29) is 17.6 Å². The zero-order valence-electron chi connectivity index (χ0n) is 13.9. The number of halogens is 3. The molecule has 4 rings (SSSR count). The Bertz CT molecular complexity index is 801. The number of carbonyl (C=O) groups is 1. The summed E-state index contributed by atoms with van der Waals surface area (Å²) in [5.74, 6) is 0.00188. The number of hydrogen-bond acceptors (Lipinski definition) is 4. The Morgan fingerprint density at radius 2 is 1.96 bits per heavy atom. The first-order valence-corrected chi connectivity index (χ1v) is 8.68. The number of hydrogen-bond donors (Lipinski definition) is 1. The predicted octanol–water partition coefficient (Wildman–Crippen LogP) is 3.81. The third-order valence-corrected chi connectivity index (χ3v) is 5.42. The third kappa shape index (κ3) is 3.32. The van der Waals surface area contributed by atoms with E-state index in [1.54, 1.807) is 24.3 Å². The molecule has 26 heavy (non-hydrogen) atoms. The van der Waals surface area contributed by atoms with Gasteiger partial charge in [-0.1, -0.05) is 35.8 Å². The topological polar surface area (TPSA) is 68.0 Å². The second-order valence-electron chi connectivity index (χ2n) is 7.12. The number of amides is 1. The fraction of sp³-hybridized carbons (Fsp3) is 0.500. The highest BCUT2D eigenvalue weighted by atomic mass is 19.4. The Balaban J connectivity index is 1.36. The molecule has 2 aliphatic carbocycles. The van der Waals surface area contributed by atoms with Gasteiger partial charge in [0.25, 0.3) is 0 Å². The largest absolute Gasteiger partial charge is 0.471 e. The van der Waals surface area contributed by atoms with E-state index in [0.717, 1.165) is 18.4 Å². The summed E-state index contributed by atoms with van der Waals surface area (Å²) in [6.45, 7) is 0.396. The highest BCUT2D eigenvalue weighted by Gasteiger charge is 2.43. The Morgan fingerprint density at radius 1 is 1.19 bits per heavy atom. The smallest absolute Gasteiger partial charge is 0.352 e. The van der Waals surface area contributed by atoms with Crippen LogP contribution in [-0.2, 0) is 17.5 Å². The lowest BCUT2D eigenvalue weighted by molar-refractivity contribution is -0.159. The number of carbonyl (C=O) groups excluding carboxylic acids is 1. The van der Waals surface area contributed by atoms with Crippen LogP contribution in [0.1, 0.15) is 37.1 Å². The molecule has 1 aromatic heterocycles. The first-order valence-electron chi connectivity index (χ1n) is 8.68. The van der Waals surface area contributed by atoms with Crippen LogP contribution in [-0.4, -0.2) is 16.0 Å². The van der Waals surface area contributed by atoms with E-state index in [0.29, 0.717) is 23.9 Å². The van der Waals surface area contributed by atoms with Crippen molar-refractivity contribution in [2.45, 2.75) is 38.4 Å². The molecule has 1 N–H and O–H groups in total. The van der Waals surface area contributed by atoms with E-state index in [2.05, 4.69) is 20.0 Å². The van der Waals surface area contributed by atoms with Gasteiger partial charge in [-0.2, -0.15) is 18.2 Å². The molecule has 3 unspecified atom stereocenters. The van der Waals surface area contributed by atoms with Crippen molar-refractivity contribution < 1.29 is 22.5 Å². The molecule has 3 atom stereocenters. The second-order valence-corrected chi connectivity index (χ2v) is 7.12. The normalized spacial score (nSPS) is 24.8. The number of fused-ring (bicyclic) bond motifs is 2. The standard InChI is InChI=1S/C18H18F3N3O2/c19-18(20,21)17-23-15(24-26-17)12-4-1-10(2-5-12)9-22-16(25)14-8-11-3-6-13(14)7-11/h1-2,4-5,11,13-14H,3,6-9H2,(H,22,25). The van der Waals surface area contributed by atoms with Crippen molar-refractivity contribution in [3.63, 3.8) is 0 Å². The molecule has 2 aliphatic rings. The van der Waals surface area contributed by atoms with Crippen molar-refractivity contribution in [3.8, 4) is 11.4 Å². The Morgan fingerprint density at radius 3 is 2.54 bits per heavy atom. The van der Waals surface area contributed by atoms with E-state index in [1.807, 2.05) is 0 Å². The minimum atomic E-state index is -4.66. The molecular formula is C18H18F3N3O2. The van der Waals surface area contributed by atoms with Gasteiger partial charge in [-0.15, -0.1) is 0 Å². The van der Waals surface area contributed by atoms with E-state index in [9.17, 15) is 18.0 Å². The molecule has 138 valence electrons. The van der Waals surface area contributed by atoms with Crippen molar-refractivity contribution in [2.75, 3.05) is 0 Å². The molecule has 1 heterocycles. The van der Waals surface area contributed by atoms with Crippen LogP contribution in [0.15, 0.2) is 28.8 Å². The lowest BCUT2D eigenvalue weighted by Gasteiger charge is -2.20. The summed E-state index contributed by atoms with van der Waals surface area (Å²) in [5.41, 5.74) is 1.29. The molecule has 2 bridgehead atoms. The Kier molecular flexibility index (Phi) is 4.20. The van der Waals surface area contributed by atoms with Gasteiger partial charge < -0.3 is 9.84 Å². The molecule has 0 aliphatic heterocycles. The van der Waals surface area contributed by atoms with Gasteiger partial charge in [0.2, 0.25) is 11.7 Å². The maximum Gasteiger partial charge on any atom is 0.471 e. The van der Waals surface area contributed by atoms with Gasteiger partial charge >= 0.3 is 12.1 Å². The maximum absolute atomic E-state index is 12.5. The van der Waals surface area contributed by atoms with Crippen LogP contribution in [0.3, 0.4) is 0 Å². The summed E-state index contributed by atoms with van der Waals surface area (Å²) in [6, 6.07) is 6.70. The van der Waals surface area contributed by atoms with Crippen LogP contribution in [0, 0.1) is 17.8 Å². The van der Waals surface area contributed by atoms with E-state index in [1.165, 1.54) is 12.8 Å². The van der Waals surface area contributed by atoms with Crippen LogP contribution in [0.2, 0.25) is 0 Å². The highest BCUT2D eigenvalue weighted by Crippen LogP contribution is 2.48. The van der Waals surface area contributed by atoms with Crippen molar-refractivity contribution >= 4 is 5.91 Å². The van der Waals surface area contributed by atoms with E-state index < -0.39 is 12.1 Å². The van der Waals surface area contributed by atoms with Crippen molar-refractivity contribution in [1.82, 2.24) is 15.5 Å². The van der Waals surface area contributed by atoms with Gasteiger partial charge in [0.05, 0.1) is 0 Å². The molecule has 0 spiro atoms. The van der Waals surface area contributed by atoms with Crippen LogP contribution >= 0.6 is 0 Å². The fourth-order valence-electron chi connectivity index (χ4n) is 4.11. The van der Waals surface area contributed by atoms with Gasteiger partial charge in [-0.25, -0.2) is 0 Å². The molecule has 1 aromatic carbocycles. The second kappa shape index (κ2) is 6.41. The van der Waals surface area contributed by atoms with Gasteiger partial charge in [-0.3, -0.25) is 4.79 Å². The molecule has 1 amide bonds. The summed E-state index contributed by atoms with van der Waals surface area (Å²) in [5, 5.41) is 6.33. The van der Waals surface area contributed by atoms with Crippen LogP contribution in [0.25, 0.3) is 11.4 Å². The lowest BCUT2D eigenvalue weighted by atomic mass is 9.88. The quantitative estimate of drug-likeness (QED) is 0.895. The monoisotopic (exact) mass is 365 g/mol. The first kappa shape index (κ1) is 17.1. The van der Waals surface area contributed by atoms with Crippen LogP contribution in [0.4, 0.5) is 13.2 Å². The highest BCUT2D eigenvalue weighted by molar-refractivity contribution is 5.79. The third-order valence-electron chi connectivity index (χ3n) is 5.42. The van der Waals surface area contributed by atoms with Crippen LogP contribution < -0.4 is 5.32 Å². The Labute approximate surface area is 148 Å². The maximum atomic E-state index is 12.5. The number of aromatic nitrogens is 2. The van der Waals surface area contributed by atoms with Gasteiger partial charge in [0.15, 0.2) is 0 Å². The van der Waals surface area contributed by atoms with E-state index >= 15 is 0 Å². The average molecular weight is 365 g/mol. The number of alkyl halides is 3. The minimum Gasteiger partial charge on any atom is -0.352 e. The fourth-order valence-corrected chi connectivity index (χ4v) is 4.11. The molecular weight excluding hydrogens is 347 g/mol. The van der Waals surface area contributed by atoms with Gasteiger partial charge in [-0.05, 0) is 36.7 Å². The summed E-state index contributed by atoms with van der Waals surface area (Å²) >= 11 is 0. The molecule has 2 aromatic rings. The van der Waals surface area contributed by atoms with Crippen molar-refractivity contribution in [3.05, 3.63) is 35.7 Å². The summed E-state index contributed by atoms with van der Waals surface area (Å²) < 4.78 is 41.7. The molecule has 2 fully saturated rings. The number of rotatable bonds is 4. The van der Waals surface area contributed by atoms with Crippen LogP contribution in [0.5, 0.6) is 0 Å². The van der Waals surface area contributed by atoms with Gasteiger partial charge in [0, 0.05) is 18.0 Å². The molecule has 0 radical (unpaired) electrons. The first-order chi connectivity index (χ1) is 12.4. The van der Waals surface area contributed by atoms with Crippen molar-refractivity contribution in [1.29, 1.82) is 0 Å². The molecule has 8 heteroatoms. The average Bonchev–Trinajstić information content (AvgIpc) is 3.35. The van der Waals surface area contributed by atoms with E-state index in [4.69, 9.17) is 0 Å². The minimum absolute atomic E-state index is 0.106. The zero-order chi connectivity index (χ0) is 18.3. The zero-order valence-corrected chi connectivity index (χ0v) is 13.9. The SMILES string of the molecule is O=C(NCc1ccc(-c2noc(C(F)(F)F)n2)cc1)C1CC2CCC1C2. The number of nitrogens with zero attached hydrogens (tertiary/aromatic N) is 2. The summed E-state index contributed by atoms with van der Waals surface area (Å²) in [7, 11) is 0. The summed E-state index contributed by atoms with van der Waals surface area (Å²) in [4.78, 5) is 15.7. The lowest BCUT2D eigenvalue weighted by Crippen LogP contribution is -2.33. The molecule has 5 nitrogen and oxygen atoms in total. The Hall–Kier alpha value is -2.38. The van der Waals surface area contributed by atoms with Gasteiger partial charge in [0.1, 0.15) is 0 Å². The number of nitrogens with one attached hydrogen (secondary N) is 1. The van der Waals surface area contributed by atoms with Crippen molar-refractivity contribution in [2.24, 2.45) is 17.8 Å². The predicted molar refractivity (Wildman–Crippen MR) is 85.5 cm³/mol. The number of benzene rings is 1.